The Bertz CT molecular complexity index is 635. The van der Waals surface area contributed by atoms with Crippen LogP contribution in [0.1, 0.15) is 29.9 Å². The average molecular weight is 331 g/mol. The highest BCUT2D eigenvalue weighted by Gasteiger charge is 2.27. The van der Waals surface area contributed by atoms with E-state index < -0.39 is 15.7 Å². The molecule has 0 aliphatic heterocycles. The molecule has 0 saturated heterocycles. The summed E-state index contributed by atoms with van der Waals surface area (Å²) in [6.45, 7) is 7.71. The first-order valence-corrected chi connectivity index (χ1v) is 9.21. The first-order chi connectivity index (χ1) is 9.72. The fourth-order valence-corrected chi connectivity index (χ4v) is 4.22. The number of nitrogen functional groups attached to an aromatic ring is 1. The summed E-state index contributed by atoms with van der Waals surface area (Å²) in [5.74, 6) is -0.403. The van der Waals surface area contributed by atoms with Crippen molar-refractivity contribution < 1.29 is 13.2 Å². The van der Waals surface area contributed by atoms with E-state index in [9.17, 15) is 13.2 Å². The molecule has 1 aromatic heterocycles. The highest BCUT2D eigenvalue weighted by Crippen LogP contribution is 2.39. The Kier molecular flexibility index (Phi) is 5.79. The maximum atomic E-state index is 12.0. The van der Waals surface area contributed by atoms with Crippen LogP contribution in [-0.2, 0) is 9.84 Å². The van der Waals surface area contributed by atoms with E-state index in [1.165, 1.54) is 6.08 Å². The lowest BCUT2D eigenvalue weighted by Crippen LogP contribution is -2.23. The zero-order chi connectivity index (χ0) is 16.2. The van der Waals surface area contributed by atoms with Crippen LogP contribution in [0.5, 0.6) is 0 Å². The summed E-state index contributed by atoms with van der Waals surface area (Å²) in [5, 5.41) is 6.11. The SMILES string of the molecule is C=CCNC(=O)c1sc(NC(C)CC)c(S(C)(=O)=O)c1N. The Morgan fingerprint density at radius 3 is 2.62 bits per heavy atom. The second-order valence-corrected chi connectivity index (χ2v) is 7.70. The molecule has 0 fully saturated rings. The Morgan fingerprint density at radius 2 is 2.14 bits per heavy atom. The lowest BCUT2D eigenvalue weighted by atomic mass is 10.2. The van der Waals surface area contributed by atoms with Crippen LogP contribution in [0.2, 0.25) is 0 Å². The van der Waals surface area contributed by atoms with Gasteiger partial charge in [0.05, 0.1) is 5.69 Å². The van der Waals surface area contributed by atoms with Crippen molar-refractivity contribution in [3.05, 3.63) is 17.5 Å². The Hall–Kier alpha value is -1.54. The lowest BCUT2D eigenvalue weighted by molar-refractivity contribution is 0.0962. The molecular weight excluding hydrogens is 310 g/mol. The van der Waals surface area contributed by atoms with Crippen LogP contribution in [0.3, 0.4) is 0 Å². The van der Waals surface area contributed by atoms with Gasteiger partial charge in [-0.15, -0.1) is 17.9 Å². The monoisotopic (exact) mass is 331 g/mol. The van der Waals surface area contributed by atoms with E-state index in [1.807, 2.05) is 13.8 Å². The van der Waals surface area contributed by atoms with Crippen molar-refractivity contribution in [1.29, 1.82) is 0 Å². The summed E-state index contributed by atoms with van der Waals surface area (Å²) >= 11 is 1.05. The van der Waals surface area contributed by atoms with Crippen LogP contribution in [0.15, 0.2) is 17.6 Å². The highest BCUT2D eigenvalue weighted by molar-refractivity contribution is 7.91. The van der Waals surface area contributed by atoms with Crippen LogP contribution in [0.25, 0.3) is 0 Å². The predicted molar refractivity (Wildman–Crippen MR) is 87.7 cm³/mol. The number of carbonyl (C=O) groups excluding carboxylic acids is 1. The molecular formula is C13H21N3O3S2. The van der Waals surface area contributed by atoms with Gasteiger partial charge in [-0.1, -0.05) is 13.0 Å². The van der Waals surface area contributed by atoms with Gasteiger partial charge in [-0.3, -0.25) is 4.79 Å². The molecule has 1 heterocycles. The van der Waals surface area contributed by atoms with E-state index in [1.54, 1.807) is 0 Å². The molecule has 0 bridgehead atoms. The van der Waals surface area contributed by atoms with Crippen LogP contribution in [-0.4, -0.2) is 33.2 Å². The van der Waals surface area contributed by atoms with E-state index in [4.69, 9.17) is 5.73 Å². The van der Waals surface area contributed by atoms with Crippen LogP contribution < -0.4 is 16.4 Å². The summed E-state index contributed by atoms with van der Waals surface area (Å²) in [4.78, 5) is 12.2. The molecule has 4 N–H and O–H groups in total. The largest absolute Gasteiger partial charge is 0.396 e. The third kappa shape index (κ3) is 4.21. The number of carbonyl (C=O) groups is 1. The van der Waals surface area contributed by atoms with Crippen molar-refractivity contribution in [3.8, 4) is 0 Å². The topological polar surface area (TPSA) is 101 Å². The van der Waals surface area contributed by atoms with Gasteiger partial charge in [0.15, 0.2) is 9.84 Å². The average Bonchev–Trinajstić information content (AvgIpc) is 2.72. The quantitative estimate of drug-likeness (QED) is 0.662. The third-order valence-electron chi connectivity index (χ3n) is 2.87. The van der Waals surface area contributed by atoms with Crippen molar-refractivity contribution in [3.63, 3.8) is 0 Å². The maximum Gasteiger partial charge on any atom is 0.263 e. The van der Waals surface area contributed by atoms with Gasteiger partial charge in [-0.25, -0.2) is 8.42 Å². The minimum absolute atomic E-state index is 0.00319. The molecule has 0 aliphatic rings. The molecule has 1 amide bonds. The standard InChI is InChI=1S/C13H21N3O3S2/c1-5-7-15-12(17)10-9(14)11(21(4,18)19)13(20-10)16-8(3)6-2/h5,8,16H,1,6-7,14H2,2-4H3,(H,15,17). The number of sulfone groups is 1. The molecule has 118 valence electrons. The number of hydrogen-bond acceptors (Lipinski definition) is 6. The number of nitrogens with one attached hydrogen (secondary N) is 2. The van der Waals surface area contributed by atoms with Gasteiger partial charge >= 0.3 is 0 Å². The number of thiophene rings is 1. The third-order valence-corrected chi connectivity index (χ3v) is 5.30. The summed E-state index contributed by atoms with van der Waals surface area (Å²) in [6.07, 6.45) is 3.44. The van der Waals surface area contributed by atoms with Crippen molar-refractivity contribution in [1.82, 2.24) is 5.32 Å². The van der Waals surface area contributed by atoms with E-state index in [0.717, 1.165) is 24.0 Å². The van der Waals surface area contributed by atoms with Crippen molar-refractivity contribution >= 4 is 37.8 Å². The zero-order valence-electron chi connectivity index (χ0n) is 12.4. The Morgan fingerprint density at radius 1 is 1.52 bits per heavy atom. The van der Waals surface area contributed by atoms with Gasteiger partial charge < -0.3 is 16.4 Å². The number of anilines is 2. The molecule has 0 radical (unpaired) electrons. The van der Waals surface area contributed by atoms with E-state index in [-0.39, 0.29) is 21.5 Å². The minimum atomic E-state index is -3.53. The van der Waals surface area contributed by atoms with Crippen molar-refractivity contribution in [2.24, 2.45) is 0 Å². The number of nitrogens with two attached hydrogens (primary N) is 1. The van der Waals surface area contributed by atoms with E-state index in [0.29, 0.717) is 11.5 Å². The molecule has 1 atom stereocenters. The summed E-state index contributed by atoms with van der Waals surface area (Å²) in [5.41, 5.74) is 5.88. The number of amides is 1. The molecule has 1 rings (SSSR count). The Labute approximate surface area is 129 Å². The van der Waals surface area contributed by atoms with E-state index in [2.05, 4.69) is 17.2 Å². The predicted octanol–water partition coefficient (Wildman–Crippen LogP) is 1.86. The second-order valence-electron chi connectivity index (χ2n) is 4.73. The normalized spacial score (nSPS) is 12.7. The van der Waals surface area contributed by atoms with Gasteiger partial charge in [-0.05, 0) is 13.3 Å². The zero-order valence-corrected chi connectivity index (χ0v) is 14.0. The summed E-state index contributed by atoms with van der Waals surface area (Å²) in [7, 11) is -3.53. The molecule has 21 heavy (non-hydrogen) atoms. The van der Waals surface area contributed by atoms with Crippen molar-refractivity contribution in [2.45, 2.75) is 31.2 Å². The number of hydrogen-bond donors (Lipinski definition) is 3. The smallest absolute Gasteiger partial charge is 0.263 e. The number of rotatable bonds is 7. The van der Waals surface area contributed by atoms with Crippen LogP contribution in [0.4, 0.5) is 10.7 Å². The minimum Gasteiger partial charge on any atom is -0.396 e. The van der Waals surface area contributed by atoms with Gasteiger partial charge in [0, 0.05) is 18.8 Å². The molecule has 6 nitrogen and oxygen atoms in total. The first-order valence-electron chi connectivity index (χ1n) is 6.50. The van der Waals surface area contributed by atoms with Gasteiger partial charge in [0.25, 0.3) is 5.91 Å². The first kappa shape index (κ1) is 17.5. The van der Waals surface area contributed by atoms with Gasteiger partial charge in [0.2, 0.25) is 0 Å². The fraction of sp³-hybridized carbons (Fsp3) is 0.462. The van der Waals surface area contributed by atoms with Crippen LogP contribution in [0, 0.1) is 0 Å². The maximum absolute atomic E-state index is 12.0. The molecule has 1 unspecified atom stereocenters. The van der Waals surface area contributed by atoms with Crippen LogP contribution >= 0.6 is 11.3 Å². The Balaban J connectivity index is 3.30. The van der Waals surface area contributed by atoms with Gasteiger partial charge in [-0.2, -0.15) is 0 Å². The second kappa shape index (κ2) is 6.95. The summed E-state index contributed by atoms with van der Waals surface area (Å²) in [6, 6.07) is 0.0765. The van der Waals surface area contributed by atoms with E-state index >= 15 is 0 Å². The molecule has 0 saturated carbocycles. The van der Waals surface area contributed by atoms with Gasteiger partial charge in [0.1, 0.15) is 14.8 Å². The molecule has 8 heteroatoms. The molecule has 0 aliphatic carbocycles. The fourth-order valence-electron chi connectivity index (χ4n) is 1.63. The molecule has 0 aromatic carbocycles. The lowest BCUT2D eigenvalue weighted by Gasteiger charge is -2.12. The molecule has 1 aromatic rings. The summed E-state index contributed by atoms with van der Waals surface area (Å²) < 4.78 is 23.9. The highest BCUT2D eigenvalue weighted by atomic mass is 32.2. The van der Waals surface area contributed by atoms with Crippen molar-refractivity contribution in [2.75, 3.05) is 23.9 Å². The molecule has 0 spiro atoms.